The monoisotopic (exact) mass is 206 g/mol. The molecule has 4 heteroatoms. The van der Waals surface area contributed by atoms with Crippen LogP contribution in [-0.2, 0) is 0 Å². The Morgan fingerprint density at radius 2 is 2.36 bits per heavy atom. The number of rotatable bonds is 2. The molecule has 0 atom stereocenters. The van der Waals surface area contributed by atoms with Crippen LogP contribution < -0.4 is 10.2 Å². The summed E-state index contributed by atoms with van der Waals surface area (Å²) >= 11 is 5.13. The average molecular weight is 206 g/mol. The minimum atomic E-state index is 0.678. The molecule has 1 aromatic carbocycles. The standard InChI is InChI=1S/C10H10N2OS/c13-7-8-2-1-3-9(6-8)12-5-4-11-10(12)14/h1-3,6-7H,4-5H2,(H,11,14). The van der Waals surface area contributed by atoms with Crippen molar-refractivity contribution < 1.29 is 4.79 Å². The van der Waals surface area contributed by atoms with E-state index in [4.69, 9.17) is 12.2 Å². The highest BCUT2D eigenvalue weighted by atomic mass is 32.1. The van der Waals surface area contributed by atoms with Gasteiger partial charge in [0.2, 0.25) is 0 Å². The van der Waals surface area contributed by atoms with E-state index in [0.29, 0.717) is 5.56 Å². The van der Waals surface area contributed by atoms with E-state index < -0.39 is 0 Å². The van der Waals surface area contributed by atoms with Crippen molar-refractivity contribution in [3.8, 4) is 0 Å². The first-order chi connectivity index (χ1) is 6.81. The lowest BCUT2D eigenvalue weighted by Gasteiger charge is -2.16. The molecule has 1 saturated heterocycles. The largest absolute Gasteiger partial charge is 0.360 e. The van der Waals surface area contributed by atoms with Crippen LogP contribution in [0.5, 0.6) is 0 Å². The number of carbonyl (C=O) groups is 1. The van der Waals surface area contributed by atoms with E-state index in [0.717, 1.165) is 30.2 Å². The zero-order chi connectivity index (χ0) is 9.97. The van der Waals surface area contributed by atoms with Gasteiger partial charge >= 0.3 is 0 Å². The number of benzene rings is 1. The fourth-order valence-corrected chi connectivity index (χ4v) is 1.78. The van der Waals surface area contributed by atoms with Gasteiger partial charge in [0.15, 0.2) is 5.11 Å². The van der Waals surface area contributed by atoms with E-state index in [1.807, 2.05) is 23.1 Å². The molecule has 3 nitrogen and oxygen atoms in total. The average Bonchev–Trinajstić information content (AvgIpc) is 2.65. The maximum Gasteiger partial charge on any atom is 0.173 e. The SMILES string of the molecule is O=Cc1cccc(N2CCNC2=S)c1. The Balaban J connectivity index is 2.31. The number of anilines is 1. The van der Waals surface area contributed by atoms with E-state index in [1.165, 1.54) is 0 Å². The molecule has 1 aliphatic heterocycles. The summed E-state index contributed by atoms with van der Waals surface area (Å²) in [5.41, 5.74) is 1.65. The van der Waals surface area contributed by atoms with Crippen molar-refractivity contribution in [3.05, 3.63) is 29.8 Å². The van der Waals surface area contributed by atoms with Crippen LogP contribution in [0.2, 0.25) is 0 Å². The Kier molecular flexibility index (Phi) is 2.45. The molecule has 0 bridgehead atoms. The third-order valence-electron chi connectivity index (χ3n) is 2.17. The molecule has 1 fully saturated rings. The third-order valence-corrected chi connectivity index (χ3v) is 2.54. The normalized spacial score (nSPS) is 15.4. The summed E-state index contributed by atoms with van der Waals surface area (Å²) < 4.78 is 0. The van der Waals surface area contributed by atoms with Gasteiger partial charge in [-0.05, 0) is 24.4 Å². The van der Waals surface area contributed by atoms with Crippen molar-refractivity contribution >= 4 is 29.3 Å². The smallest absolute Gasteiger partial charge is 0.173 e. The molecule has 0 aliphatic carbocycles. The Morgan fingerprint density at radius 1 is 1.50 bits per heavy atom. The van der Waals surface area contributed by atoms with Crippen LogP contribution in [0.4, 0.5) is 5.69 Å². The zero-order valence-electron chi connectivity index (χ0n) is 7.56. The summed E-state index contributed by atoms with van der Waals surface area (Å²) in [5, 5.41) is 3.80. The fourth-order valence-electron chi connectivity index (χ4n) is 1.48. The molecular weight excluding hydrogens is 196 g/mol. The van der Waals surface area contributed by atoms with E-state index in [9.17, 15) is 4.79 Å². The van der Waals surface area contributed by atoms with Crippen LogP contribution >= 0.6 is 12.2 Å². The van der Waals surface area contributed by atoms with Gasteiger partial charge in [-0.2, -0.15) is 0 Å². The molecule has 0 spiro atoms. The van der Waals surface area contributed by atoms with Crippen molar-refractivity contribution in [2.24, 2.45) is 0 Å². The molecule has 14 heavy (non-hydrogen) atoms. The van der Waals surface area contributed by atoms with Gasteiger partial charge in [-0.15, -0.1) is 0 Å². The first kappa shape index (κ1) is 9.15. The molecule has 0 aromatic heterocycles. The molecule has 0 saturated carbocycles. The molecule has 72 valence electrons. The minimum Gasteiger partial charge on any atom is -0.360 e. The molecule has 1 N–H and O–H groups in total. The predicted molar refractivity (Wildman–Crippen MR) is 59.8 cm³/mol. The van der Waals surface area contributed by atoms with Crippen LogP contribution in [0, 0.1) is 0 Å². The lowest BCUT2D eigenvalue weighted by atomic mass is 10.2. The van der Waals surface area contributed by atoms with Gasteiger partial charge in [0.25, 0.3) is 0 Å². The molecule has 0 amide bonds. The van der Waals surface area contributed by atoms with Crippen molar-refractivity contribution in [2.75, 3.05) is 18.0 Å². The van der Waals surface area contributed by atoms with Crippen molar-refractivity contribution in [1.82, 2.24) is 5.32 Å². The van der Waals surface area contributed by atoms with Gasteiger partial charge in [-0.3, -0.25) is 4.79 Å². The molecule has 1 aliphatic rings. The number of carbonyl (C=O) groups excluding carboxylic acids is 1. The lowest BCUT2D eigenvalue weighted by Crippen LogP contribution is -2.27. The summed E-state index contributed by atoms with van der Waals surface area (Å²) in [4.78, 5) is 12.6. The van der Waals surface area contributed by atoms with Gasteiger partial charge in [0, 0.05) is 24.3 Å². The summed E-state index contributed by atoms with van der Waals surface area (Å²) in [6.07, 6.45) is 0.843. The number of hydrogen-bond acceptors (Lipinski definition) is 2. The second-order valence-corrected chi connectivity index (χ2v) is 3.48. The highest BCUT2D eigenvalue weighted by molar-refractivity contribution is 7.80. The van der Waals surface area contributed by atoms with Gasteiger partial charge in [0.05, 0.1) is 0 Å². The minimum absolute atomic E-state index is 0.678. The maximum absolute atomic E-state index is 10.6. The van der Waals surface area contributed by atoms with Crippen molar-refractivity contribution in [2.45, 2.75) is 0 Å². The quantitative estimate of drug-likeness (QED) is 0.582. The second-order valence-electron chi connectivity index (χ2n) is 3.10. The van der Waals surface area contributed by atoms with E-state index >= 15 is 0 Å². The van der Waals surface area contributed by atoms with Crippen molar-refractivity contribution in [1.29, 1.82) is 0 Å². The summed E-state index contributed by atoms with van der Waals surface area (Å²) in [5.74, 6) is 0. The highest BCUT2D eigenvalue weighted by Crippen LogP contribution is 2.17. The van der Waals surface area contributed by atoms with Gasteiger partial charge in [-0.25, -0.2) is 0 Å². The van der Waals surface area contributed by atoms with Crippen molar-refractivity contribution in [3.63, 3.8) is 0 Å². The van der Waals surface area contributed by atoms with Gasteiger partial charge in [0.1, 0.15) is 6.29 Å². The predicted octanol–water partition coefficient (Wildman–Crippen LogP) is 1.19. The Hall–Kier alpha value is -1.42. The Bertz CT molecular complexity index is 378. The maximum atomic E-state index is 10.6. The second kappa shape index (κ2) is 3.75. The molecular formula is C10H10N2OS. The topological polar surface area (TPSA) is 32.3 Å². The summed E-state index contributed by atoms with van der Waals surface area (Å²) in [6.45, 7) is 1.73. The number of nitrogens with zero attached hydrogens (tertiary/aromatic N) is 1. The highest BCUT2D eigenvalue weighted by Gasteiger charge is 2.17. The number of nitrogens with one attached hydrogen (secondary N) is 1. The van der Waals surface area contributed by atoms with E-state index in [-0.39, 0.29) is 0 Å². The Labute approximate surface area is 87.7 Å². The van der Waals surface area contributed by atoms with Gasteiger partial charge in [-0.1, -0.05) is 12.1 Å². The molecule has 0 unspecified atom stereocenters. The molecule has 1 aromatic rings. The van der Waals surface area contributed by atoms with Crippen LogP contribution in [-0.4, -0.2) is 24.5 Å². The van der Waals surface area contributed by atoms with Crippen LogP contribution in [0.1, 0.15) is 10.4 Å². The van der Waals surface area contributed by atoms with Gasteiger partial charge < -0.3 is 10.2 Å². The van der Waals surface area contributed by atoms with Crippen LogP contribution in [0.15, 0.2) is 24.3 Å². The van der Waals surface area contributed by atoms with Crippen LogP contribution in [0.3, 0.4) is 0 Å². The number of aldehydes is 1. The Morgan fingerprint density at radius 3 is 3.00 bits per heavy atom. The van der Waals surface area contributed by atoms with Crippen LogP contribution in [0.25, 0.3) is 0 Å². The zero-order valence-corrected chi connectivity index (χ0v) is 8.38. The molecule has 0 radical (unpaired) electrons. The number of hydrogen-bond donors (Lipinski definition) is 1. The summed E-state index contributed by atoms with van der Waals surface area (Å²) in [6, 6.07) is 7.43. The number of thiocarbonyl (C=S) groups is 1. The third kappa shape index (κ3) is 1.61. The molecule has 2 rings (SSSR count). The first-order valence-corrected chi connectivity index (χ1v) is 4.83. The lowest BCUT2D eigenvalue weighted by molar-refractivity contribution is 0.112. The van der Waals surface area contributed by atoms with E-state index in [2.05, 4.69) is 5.32 Å². The fraction of sp³-hybridized carbons (Fsp3) is 0.200. The first-order valence-electron chi connectivity index (χ1n) is 4.42. The molecule has 1 heterocycles. The summed E-state index contributed by atoms with van der Waals surface area (Å²) in [7, 11) is 0. The van der Waals surface area contributed by atoms with E-state index in [1.54, 1.807) is 6.07 Å².